The topological polar surface area (TPSA) is 81.9 Å². The van der Waals surface area contributed by atoms with E-state index in [2.05, 4.69) is 16.0 Å². The van der Waals surface area contributed by atoms with Crippen molar-refractivity contribution in [1.82, 2.24) is 9.97 Å². The van der Waals surface area contributed by atoms with E-state index in [0.717, 1.165) is 22.2 Å². The second-order valence-corrected chi connectivity index (χ2v) is 6.40. The Bertz CT molecular complexity index is 1020. The molecule has 1 heterocycles. The molecule has 0 amide bonds. The van der Waals surface area contributed by atoms with E-state index < -0.39 is 0 Å². The molecule has 0 unspecified atom stereocenters. The number of rotatable bonds is 4. The molecule has 26 heavy (non-hydrogen) atoms. The molecule has 3 aromatic rings. The lowest BCUT2D eigenvalue weighted by Gasteiger charge is -2.08. The summed E-state index contributed by atoms with van der Waals surface area (Å²) in [7, 11) is 0. The Morgan fingerprint density at radius 3 is 2.73 bits per heavy atom. The predicted octanol–water partition coefficient (Wildman–Crippen LogP) is 5.00. The third-order valence-electron chi connectivity index (χ3n) is 4.13. The van der Waals surface area contributed by atoms with Gasteiger partial charge < -0.3 is 14.8 Å². The molecule has 6 heteroatoms. The van der Waals surface area contributed by atoms with Gasteiger partial charge in [0.2, 0.25) is 0 Å². The number of nitrogens with one attached hydrogen (secondary N) is 1. The summed E-state index contributed by atoms with van der Waals surface area (Å²) < 4.78 is 5.38. The van der Waals surface area contributed by atoms with Crippen LogP contribution in [0.3, 0.4) is 0 Å². The SMILES string of the molecule is CCOc1cc(/C=C(/C#N)c2nc3cc(C)c(C)cc3[nH]2)cc(Cl)c1O. The van der Waals surface area contributed by atoms with Crippen LogP contribution < -0.4 is 4.74 Å². The number of allylic oxidation sites excluding steroid dienone is 1. The number of ether oxygens (including phenoxy) is 1. The third kappa shape index (κ3) is 3.37. The lowest BCUT2D eigenvalue weighted by Crippen LogP contribution is -1.93. The van der Waals surface area contributed by atoms with Gasteiger partial charge in [0.15, 0.2) is 11.5 Å². The van der Waals surface area contributed by atoms with E-state index in [1.807, 2.05) is 32.9 Å². The molecule has 0 atom stereocenters. The Kier molecular flexibility index (Phi) is 4.88. The van der Waals surface area contributed by atoms with Gasteiger partial charge in [-0.2, -0.15) is 5.26 Å². The number of phenols is 1. The number of nitriles is 1. The number of benzene rings is 2. The first-order chi connectivity index (χ1) is 12.4. The second kappa shape index (κ2) is 7.11. The molecule has 0 aliphatic rings. The zero-order chi connectivity index (χ0) is 18.8. The zero-order valence-electron chi connectivity index (χ0n) is 14.7. The van der Waals surface area contributed by atoms with Gasteiger partial charge in [0.25, 0.3) is 0 Å². The molecule has 2 aromatic carbocycles. The lowest BCUT2D eigenvalue weighted by atomic mass is 10.1. The fourth-order valence-corrected chi connectivity index (χ4v) is 2.88. The van der Waals surface area contributed by atoms with Crippen LogP contribution in [0.15, 0.2) is 24.3 Å². The number of H-pyrrole nitrogens is 1. The van der Waals surface area contributed by atoms with Crippen molar-refractivity contribution in [1.29, 1.82) is 5.26 Å². The van der Waals surface area contributed by atoms with Crippen molar-refractivity contribution in [3.8, 4) is 17.6 Å². The van der Waals surface area contributed by atoms with E-state index in [1.165, 1.54) is 0 Å². The summed E-state index contributed by atoms with van der Waals surface area (Å²) in [6.45, 7) is 6.27. The van der Waals surface area contributed by atoms with Crippen LogP contribution in [0.1, 0.15) is 29.4 Å². The summed E-state index contributed by atoms with van der Waals surface area (Å²) in [5, 5.41) is 19.7. The zero-order valence-corrected chi connectivity index (χ0v) is 15.5. The molecule has 0 bridgehead atoms. The molecule has 0 spiro atoms. The number of hydrogen-bond acceptors (Lipinski definition) is 4. The van der Waals surface area contributed by atoms with Crippen LogP contribution >= 0.6 is 11.6 Å². The van der Waals surface area contributed by atoms with Crippen LogP contribution in [0.5, 0.6) is 11.5 Å². The minimum Gasteiger partial charge on any atom is -0.503 e. The van der Waals surface area contributed by atoms with Crippen molar-refractivity contribution in [3.63, 3.8) is 0 Å². The van der Waals surface area contributed by atoms with Gasteiger partial charge in [0.1, 0.15) is 11.9 Å². The highest BCUT2D eigenvalue weighted by Gasteiger charge is 2.12. The Hall–Kier alpha value is -2.97. The molecular formula is C20H18ClN3O2. The number of imidazole rings is 1. The number of phenolic OH excluding ortho intramolecular Hbond substituents is 1. The van der Waals surface area contributed by atoms with Gasteiger partial charge >= 0.3 is 0 Å². The predicted molar refractivity (Wildman–Crippen MR) is 103 cm³/mol. The maximum atomic E-state index is 9.95. The number of fused-ring (bicyclic) bond motifs is 1. The molecule has 0 aliphatic heterocycles. The Balaban J connectivity index is 2.08. The highest BCUT2D eigenvalue weighted by Crippen LogP contribution is 2.36. The van der Waals surface area contributed by atoms with E-state index in [-0.39, 0.29) is 16.5 Å². The van der Waals surface area contributed by atoms with Gasteiger partial charge in [-0.25, -0.2) is 4.98 Å². The Morgan fingerprint density at radius 2 is 2.04 bits per heavy atom. The standard InChI is InChI=1S/C20H18ClN3O2/c1-4-26-18-9-13(8-15(21)19(18)25)7-14(10-22)20-23-16-5-11(2)12(3)6-17(16)24-20/h5-9,25H,4H2,1-3H3,(H,23,24)/b14-7-. The molecule has 0 radical (unpaired) electrons. The average Bonchev–Trinajstić information content (AvgIpc) is 3.00. The monoisotopic (exact) mass is 367 g/mol. The lowest BCUT2D eigenvalue weighted by molar-refractivity contribution is 0.318. The first kappa shape index (κ1) is 17.8. The summed E-state index contributed by atoms with van der Waals surface area (Å²) >= 11 is 6.06. The van der Waals surface area contributed by atoms with E-state index in [4.69, 9.17) is 16.3 Å². The smallest absolute Gasteiger partial charge is 0.176 e. The van der Waals surface area contributed by atoms with Crippen molar-refractivity contribution in [2.75, 3.05) is 6.61 Å². The van der Waals surface area contributed by atoms with Crippen LogP contribution in [0.25, 0.3) is 22.7 Å². The summed E-state index contributed by atoms with van der Waals surface area (Å²) in [6, 6.07) is 9.38. The minimum absolute atomic E-state index is 0.112. The van der Waals surface area contributed by atoms with Gasteiger partial charge in [-0.15, -0.1) is 0 Å². The molecule has 0 fully saturated rings. The quantitative estimate of drug-likeness (QED) is 0.635. The minimum atomic E-state index is -0.112. The third-order valence-corrected chi connectivity index (χ3v) is 4.42. The van der Waals surface area contributed by atoms with Crippen LogP contribution in [0, 0.1) is 25.2 Å². The van der Waals surface area contributed by atoms with E-state index >= 15 is 0 Å². The molecule has 3 rings (SSSR count). The van der Waals surface area contributed by atoms with E-state index in [1.54, 1.807) is 18.2 Å². The maximum absolute atomic E-state index is 9.95. The number of hydrogen-bond donors (Lipinski definition) is 2. The molecular weight excluding hydrogens is 350 g/mol. The molecule has 132 valence electrons. The summed E-state index contributed by atoms with van der Waals surface area (Å²) in [4.78, 5) is 7.71. The molecule has 0 aliphatic carbocycles. The van der Waals surface area contributed by atoms with Crippen molar-refractivity contribution in [2.45, 2.75) is 20.8 Å². The normalized spacial score (nSPS) is 11.6. The summed E-state index contributed by atoms with van der Waals surface area (Å²) in [6.07, 6.45) is 1.66. The van der Waals surface area contributed by atoms with E-state index in [0.29, 0.717) is 23.6 Å². The van der Waals surface area contributed by atoms with Crippen molar-refractivity contribution < 1.29 is 9.84 Å². The van der Waals surface area contributed by atoms with Gasteiger partial charge in [-0.3, -0.25) is 0 Å². The van der Waals surface area contributed by atoms with Gasteiger partial charge in [-0.1, -0.05) is 11.6 Å². The van der Waals surface area contributed by atoms with Gasteiger partial charge in [0, 0.05) is 0 Å². The van der Waals surface area contributed by atoms with Crippen LogP contribution in [0.4, 0.5) is 0 Å². The van der Waals surface area contributed by atoms with Crippen LogP contribution in [-0.4, -0.2) is 21.7 Å². The number of aromatic nitrogens is 2. The maximum Gasteiger partial charge on any atom is 0.176 e. The fraction of sp³-hybridized carbons (Fsp3) is 0.200. The van der Waals surface area contributed by atoms with Crippen molar-refractivity contribution >= 4 is 34.3 Å². The highest BCUT2D eigenvalue weighted by atomic mass is 35.5. The fourth-order valence-electron chi connectivity index (χ4n) is 2.66. The van der Waals surface area contributed by atoms with Gasteiger partial charge in [0.05, 0.1) is 28.2 Å². The number of nitrogens with zero attached hydrogens (tertiary/aromatic N) is 2. The number of aromatic hydroxyl groups is 1. The Labute approximate surface area is 156 Å². The molecule has 1 aromatic heterocycles. The van der Waals surface area contributed by atoms with Gasteiger partial charge in [-0.05, 0) is 67.8 Å². The largest absolute Gasteiger partial charge is 0.503 e. The van der Waals surface area contributed by atoms with Crippen molar-refractivity contribution in [3.05, 3.63) is 51.8 Å². The highest BCUT2D eigenvalue weighted by molar-refractivity contribution is 6.32. The van der Waals surface area contributed by atoms with Crippen LogP contribution in [-0.2, 0) is 0 Å². The molecule has 0 saturated carbocycles. The molecule has 2 N–H and O–H groups in total. The van der Waals surface area contributed by atoms with Crippen molar-refractivity contribution in [2.24, 2.45) is 0 Å². The Morgan fingerprint density at radius 1 is 1.31 bits per heavy atom. The number of aromatic amines is 1. The van der Waals surface area contributed by atoms with Crippen LogP contribution in [0.2, 0.25) is 5.02 Å². The number of aryl methyl sites for hydroxylation is 2. The first-order valence-corrected chi connectivity index (χ1v) is 8.55. The summed E-state index contributed by atoms with van der Waals surface area (Å²) in [5.74, 6) is 0.646. The molecule has 5 nitrogen and oxygen atoms in total. The summed E-state index contributed by atoms with van der Waals surface area (Å²) in [5.41, 5.74) is 4.99. The second-order valence-electron chi connectivity index (χ2n) is 5.99. The average molecular weight is 368 g/mol. The number of halogens is 1. The first-order valence-electron chi connectivity index (χ1n) is 8.17. The van der Waals surface area contributed by atoms with E-state index in [9.17, 15) is 10.4 Å². The molecule has 0 saturated heterocycles.